The van der Waals surface area contributed by atoms with Gasteiger partial charge in [0, 0.05) is 0 Å². The van der Waals surface area contributed by atoms with Crippen LogP contribution in [-0.2, 0) is 41.3 Å². The lowest BCUT2D eigenvalue weighted by molar-refractivity contribution is -0.149. The fraction of sp³-hybridized carbons (Fsp3) is 0.519. The second-order valence-electron chi connectivity index (χ2n) is 10.4. The van der Waals surface area contributed by atoms with Crippen LogP contribution in [0.4, 0.5) is 5.82 Å². The van der Waals surface area contributed by atoms with E-state index >= 15 is 0 Å². The molecule has 2 heterocycles. The highest BCUT2D eigenvalue weighted by molar-refractivity contribution is 7.59. The minimum absolute atomic E-state index is 0.209. The van der Waals surface area contributed by atoms with E-state index < -0.39 is 37.6 Å². The first-order valence-corrected chi connectivity index (χ1v) is 15.4. The zero-order chi connectivity index (χ0) is 30.2. The van der Waals surface area contributed by atoms with Crippen molar-refractivity contribution in [2.45, 2.75) is 84.9 Å². The third-order valence-electron chi connectivity index (χ3n) is 5.82. The molecule has 3 aromatic rings. The number of fused-ring (bicyclic) bond motifs is 1. The van der Waals surface area contributed by atoms with Crippen LogP contribution in [0.15, 0.2) is 43.0 Å². The van der Waals surface area contributed by atoms with E-state index in [0.717, 1.165) is 5.56 Å². The van der Waals surface area contributed by atoms with Gasteiger partial charge in [0.05, 0.1) is 31.2 Å². The quantitative estimate of drug-likeness (QED) is 0.175. The van der Waals surface area contributed by atoms with Gasteiger partial charge in [0.2, 0.25) is 7.44 Å². The Balaban J connectivity index is 1.81. The molecule has 224 valence electrons. The number of rotatable bonds is 15. The minimum atomic E-state index is -3.76. The predicted octanol–water partition coefficient (Wildman–Crippen LogP) is 3.05. The SMILES string of the molecule is CC(C)OC(=O)[C@H](C)NP(=O)(CO[C@H](C)Cn1cnc2c(N)ncnc21)N[C@H](Cc1ccccc1)C(=O)OC(C)C. The average molecular weight is 590 g/mol. The highest BCUT2D eigenvalue weighted by Crippen LogP contribution is 2.39. The number of anilines is 1. The summed E-state index contributed by atoms with van der Waals surface area (Å²) in [5, 5.41) is 5.81. The molecule has 1 unspecified atom stereocenters. The Labute approximate surface area is 240 Å². The molecule has 0 bridgehead atoms. The molecule has 0 aliphatic carbocycles. The van der Waals surface area contributed by atoms with Gasteiger partial charge in [0.25, 0.3) is 0 Å². The van der Waals surface area contributed by atoms with Gasteiger partial charge in [0.15, 0.2) is 11.5 Å². The van der Waals surface area contributed by atoms with Gasteiger partial charge in [-0.25, -0.2) is 25.1 Å². The van der Waals surface area contributed by atoms with Crippen LogP contribution < -0.4 is 15.9 Å². The Morgan fingerprint density at radius 3 is 2.27 bits per heavy atom. The molecule has 41 heavy (non-hydrogen) atoms. The van der Waals surface area contributed by atoms with Crippen LogP contribution in [0.1, 0.15) is 47.1 Å². The summed E-state index contributed by atoms with van der Waals surface area (Å²) < 4.78 is 32.9. The van der Waals surface area contributed by atoms with Gasteiger partial charge < -0.3 is 24.5 Å². The van der Waals surface area contributed by atoms with Crippen molar-refractivity contribution in [1.82, 2.24) is 29.7 Å². The zero-order valence-electron chi connectivity index (χ0n) is 24.3. The van der Waals surface area contributed by atoms with E-state index in [2.05, 4.69) is 25.1 Å². The first-order valence-electron chi connectivity index (χ1n) is 13.5. The summed E-state index contributed by atoms with van der Waals surface area (Å²) in [6, 6.07) is 7.36. The minimum Gasteiger partial charge on any atom is -0.462 e. The summed E-state index contributed by atoms with van der Waals surface area (Å²) >= 11 is 0. The number of imidazole rings is 1. The number of esters is 2. The maximum Gasteiger partial charge on any atom is 0.324 e. The number of benzene rings is 1. The first kappa shape index (κ1) is 32.1. The molecule has 1 aromatic carbocycles. The zero-order valence-corrected chi connectivity index (χ0v) is 25.2. The second kappa shape index (κ2) is 14.5. The summed E-state index contributed by atoms with van der Waals surface area (Å²) in [6.07, 6.45) is 1.60. The summed E-state index contributed by atoms with van der Waals surface area (Å²) in [5.41, 5.74) is 7.74. The standard InChI is InChI=1S/C27H40N7O6P/c1-17(2)39-26(35)20(6)32-41(37,33-22(27(36)40-18(3)4)12-21-10-8-7-9-11-21)16-38-19(5)13-34-15-31-23-24(28)29-14-30-25(23)34/h7-11,14-15,17-20,22H,12-13,16H2,1-6H3,(H2,28,29,30)(H2,32,33,37)/t19-,20+,22-,41?/m1/s1. The van der Waals surface area contributed by atoms with Crippen LogP contribution in [0.3, 0.4) is 0 Å². The molecule has 0 spiro atoms. The first-order chi connectivity index (χ1) is 19.4. The molecule has 0 fully saturated rings. The van der Waals surface area contributed by atoms with Crippen molar-refractivity contribution in [1.29, 1.82) is 0 Å². The van der Waals surface area contributed by atoms with E-state index in [0.29, 0.717) is 17.7 Å². The Morgan fingerprint density at radius 1 is 0.951 bits per heavy atom. The monoisotopic (exact) mass is 589 g/mol. The molecule has 3 rings (SSSR count). The fourth-order valence-corrected chi connectivity index (χ4v) is 6.12. The molecule has 0 radical (unpaired) electrons. The number of carbonyl (C=O) groups excluding carboxylic acids is 2. The molecule has 2 aromatic heterocycles. The van der Waals surface area contributed by atoms with Gasteiger partial charge in [-0.1, -0.05) is 30.3 Å². The van der Waals surface area contributed by atoms with Crippen molar-refractivity contribution in [3.63, 3.8) is 0 Å². The van der Waals surface area contributed by atoms with Crippen LogP contribution in [0.25, 0.3) is 11.2 Å². The van der Waals surface area contributed by atoms with Gasteiger partial charge in [-0.2, -0.15) is 0 Å². The van der Waals surface area contributed by atoms with Gasteiger partial charge >= 0.3 is 11.9 Å². The third-order valence-corrected chi connectivity index (χ3v) is 7.86. The average Bonchev–Trinajstić information content (AvgIpc) is 3.31. The highest BCUT2D eigenvalue weighted by atomic mass is 31.2. The number of nitrogen functional groups attached to an aromatic ring is 1. The molecular weight excluding hydrogens is 549 g/mol. The van der Waals surface area contributed by atoms with Gasteiger partial charge in [-0.3, -0.25) is 14.2 Å². The summed E-state index contributed by atoms with van der Waals surface area (Å²) in [6.45, 7) is 10.6. The van der Waals surface area contributed by atoms with E-state index in [1.54, 1.807) is 52.4 Å². The molecule has 0 saturated carbocycles. The predicted molar refractivity (Wildman–Crippen MR) is 155 cm³/mol. The Kier molecular flexibility index (Phi) is 11.4. The Hall–Kier alpha value is -3.38. The van der Waals surface area contributed by atoms with Crippen molar-refractivity contribution in [2.75, 3.05) is 12.1 Å². The van der Waals surface area contributed by atoms with Crippen molar-refractivity contribution in [3.05, 3.63) is 48.5 Å². The van der Waals surface area contributed by atoms with E-state index in [1.165, 1.54) is 6.33 Å². The summed E-state index contributed by atoms with van der Waals surface area (Å²) in [7, 11) is -3.76. The number of hydrogen-bond acceptors (Lipinski definition) is 10. The number of ether oxygens (including phenoxy) is 3. The van der Waals surface area contributed by atoms with Crippen LogP contribution >= 0.6 is 7.44 Å². The van der Waals surface area contributed by atoms with Crippen molar-refractivity contribution < 1.29 is 28.4 Å². The van der Waals surface area contributed by atoms with E-state index in [4.69, 9.17) is 19.9 Å². The van der Waals surface area contributed by atoms with E-state index in [1.807, 2.05) is 30.3 Å². The normalized spacial score (nSPS) is 15.4. The van der Waals surface area contributed by atoms with Crippen LogP contribution in [0.2, 0.25) is 0 Å². The lowest BCUT2D eigenvalue weighted by Gasteiger charge is -2.29. The largest absolute Gasteiger partial charge is 0.462 e. The molecular formula is C27H40N7O6P. The van der Waals surface area contributed by atoms with Gasteiger partial charge in [0.1, 0.15) is 30.3 Å². The lowest BCUT2D eigenvalue weighted by Crippen LogP contribution is -2.45. The fourth-order valence-electron chi connectivity index (χ4n) is 4.00. The Morgan fingerprint density at radius 2 is 1.61 bits per heavy atom. The topological polar surface area (TPSA) is 173 Å². The van der Waals surface area contributed by atoms with E-state index in [9.17, 15) is 14.2 Å². The lowest BCUT2D eigenvalue weighted by atomic mass is 10.1. The molecule has 14 heteroatoms. The van der Waals surface area contributed by atoms with Crippen LogP contribution in [0, 0.1) is 0 Å². The number of carbonyl (C=O) groups is 2. The number of nitrogens with one attached hydrogen (secondary N) is 2. The van der Waals surface area contributed by atoms with Gasteiger partial charge in [-0.15, -0.1) is 0 Å². The van der Waals surface area contributed by atoms with Crippen LogP contribution in [-0.4, -0.2) is 68.2 Å². The number of nitrogens with two attached hydrogens (primary N) is 1. The summed E-state index contributed by atoms with van der Waals surface area (Å²) in [5.74, 6) is -0.889. The van der Waals surface area contributed by atoms with Gasteiger partial charge in [-0.05, 0) is 53.5 Å². The highest BCUT2D eigenvalue weighted by Gasteiger charge is 2.35. The third kappa shape index (κ3) is 9.60. The summed E-state index contributed by atoms with van der Waals surface area (Å²) in [4.78, 5) is 38.1. The smallest absolute Gasteiger partial charge is 0.324 e. The number of aromatic nitrogens is 4. The number of nitrogens with zero attached hydrogens (tertiary/aromatic N) is 4. The molecule has 4 atom stereocenters. The molecule has 0 aliphatic rings. The van der Waals surface area contributed by atoms with Crippen molar-refractivity contribution in [2.24, 2.45) is 0 Å². The van der Waals surface area contributed by atoms with E-state index in [-0.39, 0.29) is 30.8 Å². The molecule has 0 saturated heterocycles. The molecule has 0 aliphatic heterocycles. The molecule has 0 amide bonds. The van der Waals surface area contributed by atoms with Crippen molar-refractivity contribution >= 4 is 36.4 Å². The second-order valence-corrected chi connectivity index (χ2v) is 12.6. The number of hydrogen-bond donors (Lipinski definition) is 3. The maximum absolute atomic E-state index is 14.3. The molecule has 4 N–H and O–H groups in total. The Bertz CT molecular complexity index is 1350. The van der Waals surface area contributed by atoms with Crippen LogP contribution in [0.5, 0.6) is 0 Å². The molecule has 13 nitrogen and oxygen atoms in total. The maximum atomic E-state index is 14.3. The van der Waals surface area contributed by atoms with Crippen molar-refractivity contribution in [3.8, 4) is 0 Å².